The van der Waals surface area contributed by atoms with Crippen LogP contribution in [-0.2, 0) is 14.3 Å². The van der Waals surface area contributed by atoms with Crippen molar-refractivity contribution in [3.05, 3.63) is 0 Å². The molecule has 0 spiro atoms. The van der Waals surface area contributed by atoms with E-state index in [0.29, 0.717) is 32.7 Å². The van der Waals surface area contributed by atoms with Gasteiger partial charge in [0.2, 0.25) is 5.91 Å². The highest BCUT2D eigenvalue weighted by molar-refractivity contribution is 5.75. The van der Waals surface area contributed by atoms with Crippen molar-refractivity contribution in [2.24, 2.45) is 0 Å². The number of hydrogen-bond donors (Lipinski definition) is 3. The van der Waals surface area contributed by atoms with Crippen LogP contribution in [0.25, 0.3) is 0 Å². The van der Waals surface area contributed by atoms with Gasteiger partial charge in [-0.2, -0.15) is 0 Å². The molecule has 0 saturated heterocycles. The van der Waals surface area contributed by atoms with Gasteiger partial charge >= 0.3 is 0 Å². The molecule has 0 radical (unpaired) electrons. The van der Waals surface area contributed by atoms with E-state index in [4.69, 9.17) is 9.47 Å². The standard InChI is InChI=1S/C13H28N2O4/c1-3-4-7-18-8-9-19-11-12(16)10-15-6-5-13(17)14-2/h12,15-16H,3-11H2,1-2H3,(H,14,17). The molecule has 6 heteroatoms. The van der Waals surface area contributed by atoms with Gasteiger partial charge in [-0.25, -0.2) is 0 Å². The number of rotatable bonds is 13. The SMILES string of the molecule is CCCCOCCOCC(O)CNCCC(=O)NC. The molecule has 1 atom stereocenters. The van der Waals surface area contributed by atoms with Crippen LogP contribution in [0.5, 0.6) is 0 Å². The molecule has 6 nitrogen and oxygen atoms in total. The largest absolute Gasteiger partial charge is 0.389 e. The normalized spacial score (nSPS) is 12.4. The summed E-state index contributed by atoms with van der Waals surface area (Å²) in [7, 11) is 1.60. The number of carbonyl (C=O) groups is 1. The lowest BCUT2D eigenvalue weighted by molar-refractivity contribution is -0.120. The number of unbranched alkanes of at least 4 members (excludes halogenated alkanes) is 1. The summed E-state index contributed by atoms with van der Waals surface area (Å²) >= 11 is 0. The summed E-state index contributed by atoms with van der Waals surface area (Å²) in [5.74, 6) is -0.0116. The third kappa shape index (κ3) is 13.5. The molecule has 114 valence electrons. The molecule has 19 heavy (non-hydrogen) atoms. The molecule has 0 aliphatic heterocycles. The molecule has 0 rings (SSSR count). The van der Waals surface area contributed by atoms with Crippen molar-refractivity contribution in [3.8, 4) is 0 Å². The van der Waals surface area contributed by atoms with Crippen LogP contribution in [0.15, 0.2) is 0 Å². The summed E-state index contributed by atoms with van der Waals surface area (Å²) in [6, 6.07) is 0. The van der Waals surface area contributed by atoms with Crippen molar-refractivity contribution in [2.45, 2.75) is 32.3 Å². The molecular formula is C13H28N2O4. The smallest absolute Gasteiger partial charge is 0.221 e. The quantitative estimate of drug-likeness (QED) is 0.410. The van der Waals surface area contributed by atoms with Gasteiger partial charge in [0.15, 0.2) is 0 Å². The molecule has 1 unspecified atom stereocenters. The average molecular weight is 276 g/mol. The van der Waals surface area contributed by atoms with Crippen molar-refractivity contribution in [3.63, 3.8) is 0 Å². The molecule has 0 aromatic heterocycles. The zero-order valence-corrected chi connectivity index (χ0v) is 12.1. The summed E-state index contributed by atoms with van der Waals surface area (Å²) in [5.41, 5.74) is 0. The molecule has 0 fully saturated rings. The number of aliphatic hydroxyl groups is 1. The van der Waals surface area contributed by atoms with Crippen molar-refractivity contribution in [1.82, 2.24) is 10.6 Å². The van der Waals surface area contributed by atoms with E-state index in [0.717, 1.165) is 19.4 Å². The molecule has 0 aromatic carbocycles. The third-order valence-electron chi connectivity index (χ3n) is 2.51. The minimum absolute atomic E-state index is 0.0116. The van der Waals surface area contributed by atoms with Crippen LogP contribution in [0.3, 0.4) is 0 Å². The van der Waals surface area contributed by atoms with Gasteiger partial charge in [0.25, 0.3) is 0 Å². The first-order chi connectivity index (χ1) is 9.20. The van der Waals surface area contributed by atoms with Gasteiger partial charge in [0.05, 0.1) is 25.9 Å². The van der Waals surface area contributed by atoms with E-state index in [-0.39, 0.29) is 12.5 Å². The molecule has 3 N–H and O–H groups in total. The molecule has 0 saturated carbocycles. The lowest BCUT2D eigenvalue weighted by Crippen LogP contribution is -2.33. The summed E-state index contributed by atoms with van der Waals surface area (Å²) in [5, 5.41) is 15.1. The Balaban J connectivity index is 3.21. The van der Waals surface area contributed by atoms with Gasteiger partial charge < -0.3 is 25.2 Å². The first-order valence-corrected chi connectivity index (χ1v) is 6.95. The van der Waals surface area contributed by atoms with Gasteiger partial charge in [-0.15, -0.1) is 0 Å². The van der Waals surface area contributed by atoms with E-state index < -0.39 is 6.10 Å². The Hall–Kier alpha value is -0.690. The van der Waals surface area contributed by atoms with E-state index >= 15 is 0 Å². The fraction of sp³-hybridized carbons (Fsp3) is 0.923. The minimum atomic E-state index is -0.555. The lowest BCUT2D eigenvalue weighted by Gasteiger charge is -2.12. The van der Waals surface area contributed by atoms with Crippen molar-refractivity contribution >= 4 is 5.91 Å². The third-order valence-corrected chi connectivity index (χ3v) is 2.51. The summed E-state index contributed by atoms with van der Waals surface area (Å²) in [4.78, 5) is 10.9. The topological polar surface area (TPSA) is 79.8 Å². The number of carbonyl (C=O) groups excluding carboxylic acids is 1. The number of nitrogens with one attached hydrogen (secondary N) is 2. The monoisotopic (exact) mass is 276 g/mol. The van der Waals surface area contributed by atoms with Gasteiger partial charge in [0.1, 0.15) is 0 Å². The maximum atomic E-state index is 10.9. The first kappa shape index (κ1) is 18.3. The van der Waals surface area contributed by atoms with Gasteiger partial charge in [-0.3, -0.25) is 4.79 Å². The van der Waals surface area contributed by atoms with Crippen molar-refractivity contribution in [1.29, 1.82) is 0 Å². The highest BCUT2D eigenvalue weighted by atomic mass is 16.5. The zero-order valence-electron chi connectivity index (χ0n) is 12.1. The van der Waals surface area contributed by atoms with Crippen molar-refractivity contribution in [2.75, 3.05) is 46.6 Å². The number of hydrogen-bond acceptors (Lipinski definition) is 5. The average Bonchev–Trinajstić information content (AvgIpc) is 2.42. The molecule has 0 aliphatic carbocycles. The Bertz CT molecular complexity index is 215. The predicted octanol–water partition coefficient (Wildman–Crippen LogP) is -0.0937. The van der Waals surface area contributed by atoms with Crippen LogP contribution in [0.4, 0.5) is 0 Å². The zero-order chi connectivity index (χ0) is 14.3. The Kier molecular flexibility index (Phi) is 13.2. The molecule has 0 heterocycles. The molecule has 0 aromatic rings. The Morgan fingerprint density at radius 2 is 2.00 bits per heavy atom. The maximum absolute atomic E-state index is 10.9. The Morgan fingerprint density at radius 1 is 1.26 bits per heavy atom. The highest BCUT2D eigenvalue weighted by Crippen LogP contribution is 1.89. The highest BCUT2D eigenvalue weighted by Gasteiger charge is 2.04. The summed E-state index contributed by atoms with van der Waals surface area (Å²) in [6.45, 7) is 5.21. The maximum Gasteiger partial charge on any atom is 0.221 e. The van der Waals surface area contributed by atoms with Crippen LogP contribution in [0.2, 0.25) is 0 Å². The van der Waals surface area contributed by atoms with Crippen LogP contribution in [-0.4, -0.2) is 63.7 Å². The molecular weight excluding hydrogens is 248 g/mol. The lowest BCUT2D eigenvalue weighted by atomic mass is 10.3. The van der Waals surface area contributed by atoms with E-state index in [1.807, 2.05) is 0 Å². The predicted molar refractivity (Wildman–Crippen MR) is 74.1 cm³/mol. The molecule has 1 amide bonds. The van der Waals surface area contributed by atoms with E-state index in [2.05, 4.69) is 17.6 Å². The fourth-order valence-electron chi connectivity index (χ4n) is 1.34. The Labute approximate surface area is 115 Å². The first-order valence-electron chi connectivity index (χ1n) is 6.95. The van der Waals surface area contributed by atoms with Crippen LogP contribution >= 0.6 is 0 Å². The Morgan fingerprint density at radius 3 is 2.68 bits per heavy atom. The number of ether oxygens (including phenoxy) is 2. The number of aliphatic hydroxyl groups excluding tert-OH is 1. The van der Waals surface area contributed by atoms with Crippen LogP contribution in [0.1, 0.15) is 26.2 Å². The van der Waals surface area contributed by atoms with Gasteiger partial charge in [-0.05, 0) is 6.42 Å². The van der Waals surface area contributed by atoms with Gasteiger partial charge in [-0.1, -0.05) is 13.3 Å². The summed E-state index contributed by atoms with van der Waals surface area (Å²) in [6.07, 6.45) is 2.05. The molecule has 0 aliphatic rings. The van der Waals surface area contributed by atoms with E-state index in [9.17, 15) is 9.90 Å². The fourth-order valence-corrected chi connectivity index (χ4v) is 1.34. The number of amides is 1. The second kappa shape index (κ2) is 13.7. The summed E-state index contributed by atoms with van der Waals surface area (Å²) < 4.78 is 10.6. The second-order valence-corrected chi connectivity index (χ2v) is 4.32. The van der Waals surface area contributed by atoms with Crippen LogP contribution < -0.4 is 10.6 Å². The van der Waals surface area contributed by atoms with Crippen molar-refractivity contribution < 1.29 is 19.4 Å². The molecule has 0 bridgehead atoms. The van der Waals surface area contributed by atoms with Gasteiger partial charge in [0, 0.05) is 33.2 Å². The van der Waals surface area contributed by atoms with E-state index in [1.165, 1.54) is 0 Å². The second-order valence-electron chi connectivity index (χ2n) is 4.32. The minimum Gasteiger partial charge on any atom is -0.389 e. The van der Waals surface area contributed by atoms with Crippen LogP contribution in [0, 0.1) is 0 Å². The van der Waals surface area contributed by atoms with E-state index in [1.54, 1.807) is 7.05 Å².